The van der Waals surface area contributed by atoms with Crippen LogP contribution in [0.3, 0.4) is 0 Å². The fraction of sp³-hybridized carbons (Fsp3) is 0.158. The normalized spacial score (nSPS) is 11.0. The van der Waals surface area contributed by atoms with E-state index in [0.29, 0.717) is 18.3 Å². The predicted molar refractivity (Wildman–Crippen MR) is 98.1 cm³/mol. The van der Waals surface area contributed by atoms with Crippen LogP contribution >= 0.6 is 0 Å². The first kappa shape index (κ1) is 16.6. The van der Waals surface area contributed by atoms with Crippen molar-refractivity contribution in [2.75, 3.05) is 12.8 Å². The molecule has 6 nitrogen and oxygen atoms in total. The molecule has 0 aliphatic heterocycles. The van der Waals surface area contributed by atoms with Gasteiger partial charge >= 0.3 is 0 Å². The fourth-order valence-corrected chi connectivity index (χ4v) is 2.36. The molecule has 0 unspecified atom stereocenters. The lowest BCUT2D eigenvalue weighted by atomic mass is 10.2. The summed E-state index contributed by atoms with van der Waals surface area (Å²) in [5.41, 5.74) is 8.50. The summed E-state index contributed by atoms with van der Waals surface area (Å²) in [6.07, 6.45) is 3.43. The molecular formula is C19H20N4O2. The highest BCUT2D eigenvalue weighted by Crippen LogP contribution is 2.23. The summed E-state index contributed by atoms with van der Waals surface area (Å²) in [6, 6.07) is 15.6. The molecule has 3 rings (SSSR count). The first-order valence-electron chi connectivity index (χ1n) is 7.86. The van der Waals surface area contributed by atoms with Crippen molar-refractivity contribution in [1.82, 2.24) is 9.66 Å². The third kappa shape index (κ3) is 4.17. The van der Waals surface area contributed by atoms with Crippen LogP contribution in [0.15, 0.2) is 59.8 Å². The van der Waals surface area contributed by atoms with Crippen molar-refractivity contribution in [3.8, 4) is 11.5 Å². The van der Waals surface area contributed by atoms with Crippen molar-refractivity contribution in [2.24, 2.45) is 5.10 Å². The molecule has 0 spiro atoms. The number of methoxy groups -OCH3 is 1. The van der Waals surface area contributed by atoms with Gasteiger partial charge in [0.1, 0.15) is 18.1 Å². The SMILES string of the molecule is COc1ccc(OCc2ccccc2)cc1C=Nn1cc(C)nc1N. The molecule has 0 saturated carbocycles. The van der Waals surface area contributed by atoms with Gasteiger partial charge in [0.25, 0.3) is 0 Å². The van der Waals surface area contributed by atoms with Gasteiger partial charge in [0.2, 0.25) is 5.95 Å². The number of aryl methyl sites for hydroxylation is 1. The minimum atomic E-state index is 0.337. The van der Waals surface area contributed by atoms with E-state index in [1.165, 1.54) is 4.68 Å². The van der Waals surface area contributed by atoms with Crippen LogP contribution in [-0.2, 0) is 6.61 Å². The number of benzene rings is 2. The molecule has 128 valence electrons. The highest BCUT2D eigenvalue weighted by Gasteiger charge is 2.05. The van der Waals surface area contributed by atoms with Gasteiger partial charge < -0.3 is 15.2 Å². The third-order valence-electron chi connectivity index (χ3n) is 3.61. The van der Waals surface area contributed by atoms with Crippen molar-refractivity contribution >= 4 is 12.2 Å². The first-order valence-corrected chi connectivity index (χ1v) is 7.86. The molecule has 0 atom stereocenters. The zero-order valence-corrected chi connectivity index (χ0v) is 14.2. The molecule has 1 heterocycles. The van der Waals surface area contributed by atoms with Gasteiger partial charge in [-0.15, -0.1) is 0 Å². The number of aromatic nitrogens is 2. The van der Waals surface area contributed by atoms with E-state index in [9.17, 15) is 0 Å². The summed E-state index contributed by atoms with van der Waals surface area (Å²) < 4.78 is 12.8. The maximum atomic E-state index is 5.85. The van der Waals surface area contributed by atoms with Crippen molar-refractivity contribution in [3.05, 3.63) is 71.5 Å². The largest absolute Gasteiger partial charge is 0.496 e. The van der Waals surface area contributed by atoms with Crippen LogP contribution in [0.5, 0.6) is 11.5 Å². The van der Waals surface area contributed by atoms with E-state index in [4.69, 9.17) is 15.2 Å². The molecule has 2 aromatic carbocycles. The number of anilines is 1. The second-order valence-electron chi connectivity index (χ2n) is 5.51. The van der Waals surface area contributed by atoms with Crippen LogP contribution < -0.4 is 15.2 Å². The van der Waals surface area contributed by atoms with Gasteiger partial charge in [0.15, 0.2) is 0 Å². The summed E-state index contributed by atoms with van der Waals surface area (Å²) >= 11 is 0. The highest BCUT2D eigenvalue weighted by atomic mass is 16.5. The maximum Gasteiger partial charge on any atom is 0.221 e. The van der Waals surface area contributed by atoms with Crippen molar-refractivity contribution in [2.45, 2.75) is 13.5 Å². The Bertz CT molecular complexity index is 872. The Labute approximate surface area is 146 Å². The number of hydrogen-bond acceptors (Lipinski definition) is 5. The Balaban J connectivity index is 1.79. The molecule has 25 heavy (non-hydrogen) atoms. The van der Waals surface area contributed by atoms with Crippen molar-refractivity contribution in [1.29, 1.82) is 0 Å². The monoisotopic (exact) mass is 336 g/mol. The number of hydrogen-bond donors (Lipinski definition) is 1. The van der Waals surface area contributed by atoms with Crippen molar-refractivity contribution in [3.63, 3.8) is 0 Å². The average molecular weight is 336 g/mol. The second kappa shape index (κ2) is 7.53. The molecule has 0 aliphatic carbocycles. The molecule has 6 heteroatoms. The summed E-state index contributed by atoms with van der Waals surface area (Å²) in [4.78, 5) is 4.12. The Hall–Kier alpha value is -3.28. The number of ether oxygens (including phenoxy) is 2. The van der Waals surface area contributed by atoms with E-state index >= 15 is 0 Å². The van der Waals surface area contributed by atoms with E-state index in [0.717, 1.165) is 22.6 Å². The van der Waals surface area contributed by atoms with Crippen LogP contribution in [0.1, 0.15) is 16.8 Å². The Morgan fingerprint density at radius 1 is 1.20 bits per heavy atom. The standard InChI is InChI=1S/C19H20N4O2/c1-14-12-23(19(20)22-14)21-11-16-10-17(8-9-18(16)24-2)25-13-15-6-4-3-5-7-15/h3-12H,13H2,1-2H3,(H2,20,22). The molecule has 0 bridgehead atoms. The number of nitrogen functional groups attached to an aromatic ring is 1. The number of imidazole rings is 1. The van der Waals surface area contributed by atoms with Gasteiger partial charge in [-0.25, -0.2) is 9.66 Å². The zero-order valence-electron chi connectivity index (χ0n) is 14.2. The summed E-state index contributed by atoms with van der Waals surface area (Å²) in [5.74, 6) is 1.77. The molecule has 0 amide bonds. The van der Waals surface area contributed by atoms with Gasteiger partial charge in [0, 0.05) is 5.56 Å². The fourth-order valence-electron chi connectivity index (χ4n) is 2.36. The average Bonchev–Trinajstić information content (AvgIpc) is 2.96. The van der Waals surface area contributed by atoms with Gasteiger partial charge in [-0.05, 0) is 30.7 Å². The van der Waals surface area contributed by atoms with Gasteiger partial charge in [-0.3, -0.25) is 0 Å². The molecule has 0 fully saturated rings. The quantitative estimate of drug-likeness (QED) is 0.701. The van der Waals surface area contributed by atoms with E-state index < -0.39 is 0 Å². The lowest BCUT2D eigenvalue weighted by Crippen LogP contribution is -1.99. The maximum absolute atomic E-state index is 5.85. The second-order valence-corrected chi connectivity index (χ2v) is 5.51. The lowest BCUT2D eigenvalue weighted by Gasteiger charge is -2.10. The summed E-state index contributed by atoms with van der Waals surface area (Å²) in [7, 11) is 1.62. The molecule has 0 radical (unpaired) electrons. The zero-order chi connectivity index (χ0) is 17.6. The van der Waals surface area contributed by atoms with E-state index in [-0.39, 0.29) is 0 Å². The van der Waals surface area contributed by atoms with E-state index in [1.54, 1.807) is 19.5 Å². The van der Waals surface area contributed by atoms with Crippen LogP contribution in [0.25, 0.3) is 0 Å². The highest BCUT2D eigenvalue weighted by molar-refractivity contribution is 5.84. The Morgan fingerprint density at radius 3 is 2.68 bits per heavy atom. The van der Waals surface area contributed by atoms with Gasteiger partial charge in [-0.2, -0.15) is 5.10 Å². The minimum Gasteiger partial charge on any atom is -0.496 e. The number of rotatable bonds is 6. The summed E-state index contributed by atoms with van der Waals surface area (Å²) in [6.45, 7) is 2.36. The van der Waals surface area contributed by atoms with Gasteiger partial charge in [-0.1, -0.05) is 30.3 Å². The predicted octanol–water partition coefficient (Wildman–Crippen LogP) is 3.24. The molecule has 3 aromatic rings. The van der Waals surface area contributed by atoms with Crippen LogP contribution in [-0.4, -0.2) is 23.0 Å². The van der Waals surface area contributed by atoms with Gasteiger partial charge in [0.05, 0.1) is 25.2 Å². The van der Waals surface area contributed by atoms with Crippen LogP contribution in [0.2, 0.25) is 0 Å². The topological polar surface area (TPSA) is 74.7 Å². The van der Waals surface area contributed by atoms with Crippen molar-refractivity contribution < 1.29 is 9.47 Å². The lowest BCUT2D eigenvalue weighted by molar-refractivity contribution is 0.305. The minimum absolute atomic E-state index is 0.337. The molecule has 2 N–H and O–H groups in total. The number of nitrogens with two attached hydrogens (primary N) is 1. The van der Waals surface area contributed by atoms with Crippen LogP contribution in [0.4, 0.5) is 5.95 Å². The molecule has 0 aliphatic rings. The van der Waals surface area contributed by atoms with E-state index in [2.05, 4.69) is 10.1 Å². The molecule has 1 aromatic heterocycles. The van der Waals surface area contributed by atoms with E-state index in [1.807, 2.05) is 55.5 Å². The number of nitrogens with zero attached hydrogens (tertiary/aromatic N) is 3. The molecule has 0 saturated heterocycles. The Kier molecular flexibility index (Phi) is 4.99. The smallest absolute Gasteiger partial charge is 0.221 e. The Morgan fingerprint density at radius 2 is 2.00 bits per heavy atom. The third-order valence-corrected chi connectivity index (χ3v) is 3.61. The molecular weight excluding hydrogens is 316 g/mol. The first-order chi connectivity index (χ1) is 12.2. The van der Waals surface area contributed by atoms with Crippen LogP contribution in [0, 0.1) is 6.92 Å². The summed E-state index contributed by atoms with van der Waals surface area (Å²) in [5, 5.41) is 4.33.